The first-order valence-corrected chi connectivity index (χ1v) is 10.4. The summed E-state index contributed by atoms with van der Waals surface area (Å²) >= 11 is 0. The van der Waals surface area contributed by atoms with Gasteiger partial charge in [0.1, 0.15) is 0 Å². The molecule has 1 fully saturated rings. The predicted molar refractivity (Wildman–Crippen MR) is 117 cm³/mol. The Labute approximate surface area is 176 Å². The zero-order valence-electron chi connectivity index (χ0n) is 17.0. The molecule has 1 saturated heterocycles. The molecule has 0 unspecified atom stereocenters. The van der Waals surface area contributed by atoms with Crippen molar-refractivity contribution in [2.45, 2.75) is 32.2 Å². The van der Waals surface area contributed by atoms with E-state index in [0.29, 0.717) is 23.4 Å². The van der Waals surface area contributed by atoms with Gasteiger partial charge in [0, 0.05) is 37.6 Å². The van der Waals surface area contributed by atoms with Gasteiger partial charge in [0.05, 0.1) is 17.6 Å². The highest BCUT2D eigenvalue weighted by molar-refractivity contribution is 6.09. The van der Waals surface area contributed by atoms with Crippen molar-refractivity contribution in [2.24, 2.45) is 0 Å². The summed E-state index contributed by atoms with van der Waals surface area (Å²) in [7, 11) is 0. The van der Waals surface area contributed by atoms with Crippen molar-refractivity contribution in [3.8, 4) is 0 Å². The Hall–Kier alpha value is -3.41. The molecule has 0 bridgehead atoms. The van der Waals surface area contributed by atoms with Crippen LogP contribution >= 0.6 is 0 Å². The molecule has 6 heteroatoms. The van der Waals surface area contributed by atoms with Crippen molar-refractivity contribution in [1.82, 2.24) is 14.5 Å². The number of para-hydroxylation sites is 1. The Kier molecular flexibility index (Phi) is 6.23. The second-order valence-corrected chi connectivity index (χ2v) is 7.64. The van der Waals surface area contributed by atoms with Gasteiger partial charge in [0.15, 0.2) is 0 Å². The Balaban J connectivity index is 1.46. The summed E-state index contributed by atoms with van der Waals surface area (Å²) < 4.78 is 1.97. The lowest BCUT2D eigenvalue weighted by Gasteiger charge is -2.22. The number of likely N-dealkylation sites (tertiary alicyclic amines) is 1. The molecule has 0 aliphatic carbocycles. The molecule has 4 rings (SSSR count). The molecule has 6 nitrogen and oxygen atoms in total. The average Bonchev–Trinajstić information content (AvgIpc) is 3.13. The van der Waals surface area contributed by atoms with Crippen LogP contribution in [0, 0.1) is 0 Å². The van der Waals surface area contributed by atoms with Gasteiger partial charge in [-0.15, -0.1) is 0 Å². The van der Waals surface area contributed by atoms with Gasteiger partial charge in [-0.2, -0.15) is 0 Å². The summed E-state index contributed by atoms with van der Waals surface area (Å²) in [5.74, 6) is -0.233. The number of anilines is 1. The number of nitrogens with zero attached hydrogens (tertiary/aromatic N) is 3. The predicted octanol–water partition coefficient (Wildman–Crippen LogP) is 4.20. The van der Waals surface area contributed by atoms with Gasteiger partial charge in [0.2, 0.25) is 0 Å². The van der Waals surface area contributed by atoms with Crippen LogP contribution in [0.4, 0.5) is 5.69 Å². The van der Waals surface area contributed by atoms with E-state index < -0.39 is 0 Å². The molecule has 1 aliphatic rings. The van der Waals surface area contributed by atoms with Crippen molar-refractivity contribution < 1.29 is 9.59 Å². The number of hydrogen-bond donors (Lipinski definition) is 1. The van der Waals surface area contributed by atoms with Gasteiger partial charge < -0.3 is 14.8 Å². The van der Waals surface area contributed by atoms with Crippen LogP contribution in [0.15, 0.2) is 67.3 Å². The number of carbonyl (C=O) groups excluding carboxylic acids is 2. The van der Waals surface area contributed by atoms with Crippen LogP contribution in [-0.4, -0.2) is 39.4 Å². The molecule has 1 N–H and O–H groups in total. The topological polar surface area (TPSA) is 67.2 Å². The molecule has 0 spiro atoms. The van der Waals surface area contributed by atoms with Crippen LogP contribution in [0.3, 0.4) is 0 Å². The Morgan fingerprint density at radius 3 is 2.37 bits per heavy atom. The van der Waals surface area contributed by atoms with E-state index >= 15 is 0 Å². The lowest BCUT2D eigenvalue weighted by atomic mass is 10.1. The zero-order valence-corrected chi connectivity index (χ0v) is 17.0. The number of amides is 2. The van der Waals surface area contributed by atoms with E-state index in [4.69, 9.17) is 0 Å². The zero-order chi connectivity index (χ0) is 20.8. The molecule has 2 aromatic carbocycles. The van der Waals surface area contributed by atoms with Crippen molar-refractivity contribution >= 4 is 17.5 Å². The van der Waals surface area contributed by atoms with Gasteiger partial charge >= 0.3 is 0 Å². The second-order valence-electron chi connectivity index (χ2n) is 7.64. The highest BCUT2D eigenvalue weighted by Crippen LogP contribution is 2.21. The number of imidazole rings is 1. The maximum absolute atomic E-state index is 13.1. The maximum Gasteiger partial charge on any atom is 0.255 e. The molecule has 1 aliphatic heterocycles. The lowest BCUT2D eigenvalue weighted by molar-refractivity contribution is 0.0762. The average molecular weight is 402 g/mol. The second kappa shape index (κ2) is 9.39. The standard InChI is InChI=1S/C24H26N4O2/c29-23(20-11-9-19(10-12-20)17-27-16-13-25-18-27)26-22-8-4-3-7-21(22)24(30)28-14-5-1-2-6-15-28/h3-4,7-13,16,18H,1-2,5-6,14-15,17H2,(H,26,29). The molecule has 0 saturated carbocycles. The fraction of sp³-hybridized carbons (Fsp3) is 0.292. The molecular weight excluding hydrogens is 376 g/mol. The van der Waals surface area contributed by atoms with Crippen molar-refractivity contribution in [3.63, 3.8) is 0 Å². The van der Waals surface area contributed by atoms with Crippen LogP contribution in [-0.2, 0) is 6.54 Å². The molecule has 0 atom stereocenters. The van der Waals surface area contributed by atoms with E-state index in [1.807, 2.05) is 39.9 Å². The van der Waals surface area contributed by atoms with Crippen molar-refractivity contribution in [3.05, 3.63) is 83.9 Å². The summed E-state index contributed by atoms with van der Waals surface area (Å²) in [6.07, 6.45) is 9.80. The van der Waals surface area contributed by atoms with E-state index in [2.05, 4.69) is 10.3 Å². The molecular formula is C24H26N4O2. The van der Waals surface area contributed by atoms with E-state index in [-0.39, 0.29) is 11.8 Å². The third kappa shape index (κ3) is 4.76. The summed E-state index contributed by atoms with van der Waals surface area (Å²) in [5, 5.41) is 2.93. The van der Waals surface area contributed by atoms with Crippen LogP contribution in [0.25, 0.3) is 0 Å². The minimum absolute atomic E-state index is 0.0107. The molecule has 2 amide bonds. The Morgan fingerprint density at radius 2 is 1.67 bits per heavy atom. The summed E-state index contributed by atoms with van der Waals surface area (Å²) in [6.45, 7) is 2.26. The first-order valence-electron chi connectivity index (χ1n) is 10.4. The number of hydrogen-bond acceptors (Lipinski definition) is 3. The molecule has 2 heterocycles. The smallest absolute Gasteiger partial charge is 0.255 e. The van der Waals surface area contributed by atoms with Gasteiger partial charge in [-0.25, -0.2) is 4.98 Å². The molecule has 154 valence electrons. The van der Waals surface area contributed by atoms with Crippen LogP contribution in [0.5, 0.6) is 0 Å². The Morgan fingerprint density at radius 1 is 0.933 bits per heavy atom. The van der Waals surface area contributed by atoms with E-state index in [0.717, 1.165) is 31.5 Å². The van der Waals surface area contributed by atoms with E-state index in [1.165, 1.54) is 12.8 Å². The van der Waals surface area contributed by atoms with Crippen LogP contribution < -0.4 is 5.32 Å². The first-order chi connectivity index (χ1) is 14.7. The highest BCUT2D eigenvalue weighted by Gasteiger charge is 2.20. The van der Waals surface area contributed by atoms with E-state index in [9.17, 15) is 9.59 Å². The van der Waals surface area contributed by atoms with Crippen LogP contribution in [0.1, 0.15) is 52.0 Å². The largest absolute Gasteiger partial charge is 0.339 e. The number of carbonyl (C=O) groups is 2. The normalized spacial score (nSPS) is 14.2. The van der Waals surface area contributed by atoms with Gasteiger partial charge in [-0.05, 0) is 42.7 Å². The molecule has 30 heavy (non-hydrogen) atoms. The van der Waals surface area contributed by atoms with Gasteiger partial charge in [-0.1, -0.05) is 37.1 Å². The van der Waals surface area contributed by atoms with Crippen molar-refractivity contribution in [1.29, 1.82) is 0 Å². The monoisotopic (exact) mass is 402 g/mol. The third-order valence-electron chi connectivity index (χ3n) is 5.44. The molecule has 1 aromatic heterocycles. The first kappa shape index (κ1) is 19.9. The molecule has 0 radical (unpaired) electrons. The molecule has 3 aromatic rings. The number of benzene rings is 2. The number of rotatable bonds is 5. The highest BCUT2D eigenvalue weighted by atomic mass is 16.2. The number of nitrogens with one attached hydrogen (secondary N) is 1. The fourth-order valence-electron chi connectivity index (χ4n) is 3.77. The quantitative estimate of drug-likeness (QED) is 0.695. The summed E-state index contributed by atoms with van der Waals surface area (Å²) in [5.41, 5.74) is 2.74. The van der Waals surface area contributed by atoms with Gasteiger partial charge in [-0.3, -0.25) is 9.59 Å². The summed E-state index contributed by atoms with van der Waals surface area (Å²) in [6, 6.07) is 14.7. The van der Waals surface area contributed by atoms with E-state index in [1.54, 1.807) is 36.8 Å². The lowest BCUT2D eigenvalue weighted by Crippen LogP contribution is -2.32. The fourth-order valence-corrected chi connectivity index (χ4v) is 3.77. The minimum atomic E-state index is -0.222. The number of aromatic nitrogens is 2. The van der Waals surface area contributed by atoms with Crippen LogP contribution in [0.2, 0.25) is 0 Å². The Bertz CT molecular complexity index is 988. The minimum Gasteiger partial charge on any atom is -0.339 e. The summed E-state index contributed by atoms with van der Waals surface area (Å²) in [4.78, 5) is 31.8. The van der Waals surface area contributed by atoms with Gasteiger partial charge in [0.25, 0.3) is 11.8 Å². The third-order valence-corrected chi connectivity index (χ3v) is 5.44. The maximum atomic E-state index is 13.1. The van der Waals surface area contributed by atoms with Crippen molar-refractivity contribution in [2.75, 3.05) is 18.4 Å². The SMILES string of the molecule is O=C(Nc1ccccc1C(=O)N1CCCCCC1)c1ccc(Cn2ccnc2)cc1.